The van der Waals surface area contributed by atoms with Gasteiger partial charge in [0.2, 0.25) is 5.91 Å². The molecule has 0 aliphatic heterocycles. The Kier molecular flexibility index (Phi) is 7.80. The molecule has 0 fully saturated rings. The van der Waals surface area contributed by atoms with E-state index in [0.29, 0.717) is 24.3 Å². The third kappa shape index (κ3) is 4.84. The second-order valence-electron chi connectivity index (χ2n) is 6.08. The van der Waals surface area contributed by atoms with Gasteiger partial charge in [-0.3, -0.25) is 9.59 Å². The van der Waals surface area contributed by atoms with Crippen molar-refractivity contribution in [1.29, 1.82) is 0 Å². The quantitative estimate of drug-likeness (QED) is 0.812. The Morgan fingerprint density at radius 2 is 1.65 bits per heavy atom. The summed E-state index contributed by atoms with van der Waals surface area (Å²) in [5.74, 6) is -0.384. The Balaban J connectivity index is 0.00000338. The van der Waals surface area contributed by atoms with Crippen LogP contribution in [0.15, 0.2) is 54.6 Å². The monoisotopic (exact) mass is 375 g/mol. The summed E-state index contributed by atoms with van der Waals surface area (Å²) < 4.78 is 0. The average Bonchev–Trinajstić information content (AvgIpc) is 2.63. The molecule has 5 nitrogen and oxygen atoms in total. The summed E-state index contributed by atoms with van der Waals surface area (Å²) in [6.07, 6.45) is 0. The normalized spacial score (nSPS) is 12.5. The average molecular weight is 376 g/mol. The van der Waals surface area contributed by atoms with Gasteiger partial charge in [0.25, 0.3) is 5.91 Å². The summed E-state index contributed by atoms with van der Waals surface area (Å²) in [6.45, 7) is 6.82. The number of anilines is 1. The van der Waals surface area contributed by atoms with Crippen molar-refractivity contribution in [2.24, 2.45) is 5.73 Å². The fourth-order valence-corrected chi connectivity index (χ4v) is 2.60. The fourth-order valence-electron chi connectivity index (χ4n) is 2.60. The maximum absolute atomic E-state index is 12.6. The Hall–Kier alpha value is -2.37. The van der Waals surface area contributed by atoms with Crippen LogP contribution >= 0.6 is 12.4 Å². The fraction of sp³-hybridized carbons (Fsp3) is 0.300. The maximum atomic E-state index is 12.6. The van der Waals surface area contributed by atoms with Crippen LogP contribution in [0.3, 0.4) is 0 Å². The van der Waals surface area contributed by atoms with Crippen LogP contribution in [0.25, 0.3) is 0 Å². The standard InChI is InChI=1S/C20H25N3O2.ClH/c1-4-23(5-2)18(24)15-10-9-13-17(14-15)22-19(25)20(3,21)16-11-7-6-8-12-16;/h6-14H,4-5,21H2,1-3H3,(H,22,25);1H. The third-order valence-corrected chi connectivity index (χ3v) is 4.26. The summed E-state index contributed by atoms with van der Waals surface area (Å²) in [5, 5.41) is 2.82. The molecule has 1 atom stereocenters. The molecule has 3 N–H and O–H groups in total. The van der Waals surface area contributed by atoms with Crippen molar-refractivity contribution in [3.8, 4) is 0 Å². The van der Waals surface area contributed by atoms with Gasteiger partial charge in [-0.1, -0.05) is 36.4 Å². The van der Waals surface area contributed by atoms with Gasteiger partial charge in [0, 0.05) is 24.3 Å². The molecule has 0 radical (unpaired) electrons. The zero-order valence-electron chi connectivity index (χ0n) is 15.4. The number of benzene rings is 2. The summed E-state index contributed by atoms with van der Waals surface area (Å²) in [6, 6.07) is 16.1. The smallest absolute Gasteiger partial charge is 0.253 e. The van der Waals surface area contributed by atoms with Crippen LogP contribution in [0.2, 0.25) is 0 Å². The Bertz CT molecular complexity index is 744. The Labute approximate surface area is 161 Å². The number of amides is 2. The zero-order valence-corrected chi connectivity index (χ0v) is 16.2. The van der Waals surface area contributed by atoms with Crippen LogP contribution in [0.4, 0.5) is 5.69 Å². The number of halogens is 1. The van der Waals surface area contributed by atoms with Crippen molar-refractivity contribution in [2.75, 3.05) is 18.4 Å². The predicted molar refractivity (Wildman–Crippen MR) is 108 cm³/mol. The number of carbonyl (C=O) groups is 2. The van der Waals surface area contributed by atoms with E-state index >= 15 is 0 Å². The van der Waals surface area contributed by atoms with Crippen molar-refractivity contribution in [3.63, 3.8) is 0 Å². The van der Waals surface area contributed by atoms with Gasteiger partial charge in [0.05, 0.1) is 0 Å². The topological polar surface area (TPSA) is 75.4 Å². The van der Waals surface area contributed by atoms with E-state index in [9.17, 15) is 9.59 Å². The van der Waals surface area contributed by atoms with E-state index < -0.39 is 5.54 Å². The first-order valence-corrected chi connectivity index (χ1v) is 8.45. The minimum atomic E-state index is -1.17. The Morgan fingerprint density at radius 1 is 1.04 bits per heavy atom. The highest BCUT2D eigenvalue weighted by Crippen LogP contribution is 2.21. The second-order valence-corrected chi connectivity index (χ2v) is 6.08. The van der Waals surface area contributed by atoms with Crippen molar-refractivity contribution in [3.05, 3.63) is 65.7 Å². The van der Waals surface area contributed by atoms with Gasteiger partial charge in [-0.2, -0.15) is 0 Å². The summed E-state index contributed by atoms with van der Waals surface area (Å²) >= 11 is 0. The highest BCUT2D eigenvalue weighted by Gasteiger charge is 2.30. The zero-order chi connectivity index (χ0) is 18.4. The van der Waals surface area contributed by atoms with E-state index in [1.165, 1.54) is 0 Å². The molecule has 0 saturated heterocycles. The van der Waals surface area contributed by atoms with E-state index in [4.69, 9.17) is 5.73 Å². The minimum absolute atomic E-state index is 0. The lowest BCUT2D eigenvalue weighted by Crippen LogP contribution is -2.45. The van der Waals surface area contributed by atoms with Gasteiger partial charge in [0.1, 0.15) is 5.54 Å². The molecule has 2 aromatic rings. The molecule has 0 bridgehead atoms. The minimum Gasteiger partial charge on any atom is -0.339 e. The number of nitrogens with zero attached hydrogens (tertiary/aromatic N) is 1. The van der Waals surface area contributed by atoms with Crippen LogP contribution in [0.1, 0.15) is 36.7 Å². The molecule has 2 aromatic carbocycles. The lowest BCUT2D eigenvalue weighted by molar-refractivity contribution is -0.120. The van der Waals surface area contributed by atoms with E-state index in [1.54, 1.807) is 36.1 Å². The van der Waals surface area contributed by atoms with Crippen LogP contribution in [-0.2, 0) is 10.3 Å². The molecular formula is C20H26ClN3O2. The second kappa shape index (κ2) is 9.36. The summed E-state index contributed by atoms with van der Waals surface area (Å²) in [7, 11) is 0. The lowest BCUT2D eigenvalue weighted by atomic mass is 9.92. The number of rotatable bonds is 6. The van der Waals surface area contributed by atoms with Gasteiger partial charge < -0.3 is 16.0 Å². The molecule has 0 aliphatic rings. The number of hydrogen-bond acceptors (Lipinski definition) is 3. The van der Waals surface area contributed by atoms with Gasteiger partial charge in [-0.05, 0) is 44.5 Å². The van der Waals surface area contributed by atoms with Crippen LogP contribution in [0, 0.1) is 0 Å². The van der Waals surface area contributed by atoms with Crippen LogP contribution < -0.4 is 11.1 Å². The number of hydrogen-bond donors (Lipinski definition) is 2. The molecule has 0 aliphatic carbocycles. The van der Waals surface area contributed by atoms with Crippen molar-refractivity contribution >= 4 is 29.9 Å². The van der Waals surface area contributed by atoms with E-state index in [2.05, 4.69) is 5.32 Å². The predicted octanol–water partition coefficient (Wildman–Crippen LogP) is 3.40. The first-order valence-electron chi connectivity index (χ1n) is 8.45. The van der Waals surface area contributed by atoms with Gasteiger partial charge in [-0.15, -0.1) is 12.4 Å². The first kappa shape index (κ1) is 21.7. The van der Waals surface area contributed by atoms with Crippen molar-refractivity contribution < 1.29 is 9.59 Å². The highest BCUT2D eigenvalue weighted by molar-refractivity contribution is 6.00. The molecule has 26 heavy (non-hydrogen) atoms. The van der Waals surface area contributed by atoms with Gasteiger partial charge in [0.15, 0.2) is 0 Å². The van der Waals surface area contributed by atoms with Crippen LogP contribution in [0.5, 0.6) is 0 Å². The molecule has 2 amide bonds. The molecule has 0 spiro atoms. The number of carbonyl (C=O) groups excluding carboxylic acids is 2. The third-order valence-electron chi connectivity index (χ3n) is 4.26. The van der Waals surface area contributed by atoms with Gasteiger partial charge >= 0.3 is 0 Å². The lowest BCUT2D eigenvalue weighted by Gasteiger charge is -2.24. The van der Waals surface area contributed by atoms with E-state index in [-0.39, 0.29) is 24.2 Å². The SMILES string of the molecule is CCN(CC)C(=O)c1cccc(NC(=O)C(C)(N)c2ccccc2)c1.Cl. The van der Waals surface area contributed by atoms with Gasteiger partial charge in [-0.25, -0.2) is 0 Å². The molecule has 6 heteroatoms. The molecule has 0 aromatic heterocycles. The largest absolute Gasteiger partial charge is 0.339 e. The molecule has 2 rings (SSSR count). The summed E-state index contributed by atoms with van der Waals surface area (Å²) in [5.41, 5.74) is 6.88. The molecule has 0 heterocycles. The van der Waals surface area contributed by atoms with Crippen molar-refractivity contribution in [1.82, 2.24) is 4.90 Å². The highest BCUT2D eigenvalue weighted by atomic mass is 35.5. The van der Waals surface area contributed by atoms with E-state index in [1.807, 2.05) is 44.2 Å². The molecule has 0 saturated carbocycles. The maximum Gasteiger partial charge on any atom is 0.253 e. The van der Waals surface area contributed by atoms with E-state index in [0.717, 1.165) is 5.56 Å². The number of nitrogens with one attached hydrogen (secondary N) is 1. The Morgan fingerprint density at radius 3 is 2.23 bits per heavy atom. The molecule has 1 unspecified atom stereocenters. The summed E-state index contributed by atoms with van der Waals surface area (Å²) in [4.78, 5) is 26.8. The van der Waals surface area contributed by atoms with Crippen LogP contribution in [-0.4, -0.2) is 29.8 Å². The first-order chi connectivity index (χ1) is 11.9. The number of nitrogens with two attached hydrogens (primary N) is 1. The molecule has 140 valence electrons. The van der Waals surface area contributed by atoms with Crippen molar-refractivity contribution in [2.45, 2.75) is 26.3 Å². The molecular weight excluding hydrogens is 350 g/mol.